The average molecular weight is 111 g/mol. The largest absolute Gasteiger partial charge is 0.318 e. The maximum atomic E-state index is 10.2. The molecule has 1 heterocycles. The van der Waals surface area contributed by atoms with E-state index in [0.29, 0.717) is 0 Å². The Balaban J connectivity index is 3.37. The molecule has 0 aliphatic heterocycles. The number of nitrogens with zero attached hydrogens (tertiary/aromatic N) is 2. The van der Waals surface area contributed by atoms with Crippen LogP contribution >= 0.6 is 0 Å². The second-order valence-electron chi connectivity index (χ2n) is 1.07. The normalized spacial score (nSPS) is 8.38. The van der Waals surface area contributed by atoms with Crippen molar-refractivity contribution in [3.63, 3.8) is 0 Å². The van der Waals surface area contributed by atoms with Crippen LogP contribution in [0.25, 0.3) is 0 Å². The summed E-state index contributed by atoms with van der Waals surface area (Å²) >= 11 is 0. The van der Waals surface area contributed by atoms with E-state index in [1.807, 2.05) is 5.16 Å². The highest BCUT2D eigenvalue weighted by Crippen LogP contribution is 1.73. The van der Waals surface area contributed by atoms with Gasteiger partial charge in [0.2, 0.25) is 5.69 Å². The van der Waals surface area contributed by atoms with E-state index in [1.165, 1.54) is 6.07 Å². The smallest absolute Gasteiger partial charge is 0.266 e. The lowest BCUT2D eigenvalue weighted by molar-refractivity contribution is 0.303. The van der Waals surface area contributed by atoms with Gasteiger partial charge in [0.25, 0.3) is 0 Å². The molecule has 1 N–H and O–H groups in total. The third-order valence-corrected chi connectivity index (χ3v) is 0.596. The maximum Gasteiger partial charge on any atom is 0.318 e. The monoisotopic (exact) mass is 111 g/mol. The topological polar surface area (TPSA) is 82.7 Å². The van der Waals surface area contributed by atoms with Crippen molar-refractivity contribution in [3.05, 3.63) is 16.0 Å². The lowest BCUT2D eigenvalue weighted by atomic mass is 10.5. The molecular weight excluding hydrogens is 110 g/mol. The molecule has 0 spiro atoms. The molecule has 5 heteroatoms. The summed E-state index contributed by atoms with van der Waals surface area (Å²) in [6, 6.07) is 1.53. The molecule has 0 aliphatic carbocycles. The molecule has 1 rings (SSSR count). The minimum Gasteiger partial charge on any atom is -0.266 e. The van der Waals surface area contributed by atoms with Crippen LogP contribution in [0, 0.1) is 11.3 Å². The molecular formula is C3HN3O2. The van der Waals surface area contributed by atoms with Crippen LogP contribution in [0.15, 0.2) is 9.42 Å². The number of aromatic amines is 1. The lowest BCUT2D eigenvalue weighted by Crippen LogP contribution is -2.01. The van der Waals surface area contributed by atoms with Crippen LogP contribution in [0.3, 0.4) is 0 Å². The molecule has 0 aromatic carbocycles. The third kappa shape index (κ3) is 0.479. The number of H-pyrrole nitrogens is 1. The quantitative estimate of drug-likeness (QED) is 0.476. The Kier molecular flexibility index (Phi) is 0.860. The molecule has 0 bridgehead atoms. The van der Waals surface area contributed by atoms with Gasteiger partial charge in [0.15, 0.2) is 0 Å². The summed E-state index contributed by atoms with van der Waals surface area (Å²) in [5.41, 5.74) is -0.836. The molecule has 5 nitrogen and oxygen atoms in total. The molecule has 40 valence electrons. The Morgan fingerprint density at radius 2 is 2.62 bits per heavy atom. The summed E-state index contributed by atoms with van der Waals surface area (Å²) in [6.07, 6.45) is 0. The van der Waals surface area contributed by atoms with Crippen molar-refractivity contribution < 1.29 is 4.63 Å². The van der Waals surface area contributed by atoms with Crippen LogP contribution in [0.4, 0.5) is 0 Å². The van der Waals surface area contributed by atoms with Gasteiger partial charge in [-0.2, -0.15) is 10.4 Å². The van der Waals surface area contributed by atoms with Gasteiger partial charge in [-0.3, -0.25) is 9.42 Å². The van der Waals surface area contributed by atoms with Crippen molar-refractivity contribution in [1.82, 2.24) is 10.3 Å². The molecule has 0 unspecified atom stereocenters. The first-order valence-electron chi connectivity index (χ1n) is 1.79. The van der Waals surface area contributed by atoms with Crippen LogP contribution in [-0.4, -0.2) is 10.3 Å². The van der Waals surface area contributed by atoms with Crippen molar-refractivity contribution in [2.24, 2.45) is 0 Å². The summed E-state index contributed by atoms with van der Waals surface area (Å²) < 4.78 is 4.03. The van der Waals surface area contributed by atoms with Crippen molar-refractivity contribution >= 4 is 0 Å². The summed E-state index contributed by atoms with van der Waals surface area (Å²) in [4.78, 5) is 10.2. The van der Waals surface area contributed by atoms with Crippen molar-refractivity contribution in [2.45, 2.75) is 0 Å². The van der Waals surface area contributed by atoms with E-state index in [-0.39, 0.29) is 5.69 Å². The molecule has 0 atom stereocenters. The summed E-state index contributed by atoms with van der Waals surface area (Å²) in [5.74, 6) is 0. The van der Waals surface area contributed by atoms with Gasteiger partial charge in [0.05, 0.1) is 0 Å². The molecule has 0 saturated heterocycles. The zero-order chi connectivity index (χ0) is 5.98. The minimum atomic E-state index is -0.590. The van der Waals surface area contributed by atoms with Gasteiger partial charge in [0.1, 0.15) is 6.07 Å². The highest BCUT2D eigenvalue weighted by atomic mass is 16.6. The lowest BCUT2D eigenvalue weighted by Gasteiger charge is -1.56. The molecule has 0 saturated carbocycles. The number of nitrogens with one attached hydrogen (secondary N) is 1. The first-order valence-corrected chi connectivity index (χ1v) is 1.79. The maximum absolute atomic E-state index is 10.2. The molecule has 8 heavy (non-hydrogen) atoms. The number of rotatable bonds is 0. The van der Waals surface area contributed by atoms with Crippen molar-refractivity contribution in [3.8, 4) is 6.07 Å². The number of hydrogen-bond acceptors (Lipinski definition) is 4. The van der Waals surface area contributed by atoms with E-state index >= 15 is 0 Å². The molecule has 0 aliphatic rings. The Labute approximate surface area is 43.5 Å². The molecule has 0 radical (unpaired) electrons. The Hall–Kier alpha value is -1.57. The predicted molar refractivity (Wildman–Crippen MR) is 21.8 cm³/mol. The summed E-state index contributed by atoms with van der Waals surface area (Å²) in [6.45, 7) is 0. The van der Waals surface area contributed by atoms with Gasteiger partial charge < -0.3 is 0 Å². The molecule has 1 aromatic rings. The van der Waals surface area contributed by atoms with Crippen LogP contribution in [-0.2, 0) is 0 Å². The zero-order valence-corrected chi connectivity index (χ0v) is 3.71. The Morgan fingerprint density at radius 3 is 2.88 bits per heavy atom. The van der Waals surface area contributed by atoms with E-state index in [2.05, 4.69) is 9.79 Å². The van der Waals surface area contributed by atoms with Gasteiger partial charge in [-0.05, 0) is 5.16 Å². The number of hydrogen-bond donors (Lipinski definition) is 1. The summed E-state index contributed by atoms with van der Waals surface area (Å²) in [5, 5.41) is 12.9. The first-order chi connectivity index (χ1) is 3.84. The summed E-state index contributed by atoms with van der Waals surface area (Å²) in [7, 11) is 0. The van der Waals surface area contributed by atoms with Gasteiger partial charge in [-0.1, -0.05) is 0 Å². The highest BCUT2D eigenvalue weighted by molar-refractivity contribution is 5.11. The first kappa shape index (κ1) is 4.59. The molecule has 0 amide bonds. The second-order valence-corrected chi connectivity index (χ2v) is 1.07. The van der Waals surface area contributed by atoms with Crippen LogP contribution in [0.5, 0.6) is 0 Å². The van der Waals surface area contributed by atoms with Gasteiger partial charge in [-0.15, -0.1) is 0 Å². The van der Waals surface area contributed by atoms with Gasteiger partial charge in [-0.25, -0.2) is 0 Å². The van der Waals surface area contributed by atoms with E-state index in [9.17, 15) is 4.79 Å². The van der Waals surface area contributed by atoms with Crippen LogP contribution in [0.1, 0.15) is 5.69 Å². The van der Waals surface area contributed by atoms with Gasteiger partial charge in [0, 0.05) is 0 Å². The second kappa shape index (κ2) is 1.50. The third-order valence-electron chi connectivity index (χ3n) is 0.596. The van der Waals surface area contributed by atoms with Crippen LogP contribution < -0.4 is 5.56 Å². The fraction of sp³-hybridized carbons (Fsp3) is 0. The Bertz CT molecular complexity index is 265. The van der Waals surface area contributed by atoms with E-state index in [4.69, 9.17) is 5.26 Å². The highest BCUT2D eigenvalue weighted by Gasteiger charge is 1.98. The molecule has 0 fully saturated rings. The average Bonchev–Trinajstić information content (AvgIpc) is 2.14. The predicted octanol–water partition coefficient (Wildman–Crippen LogP) is -0.765. The SMILES string of the molecule is N#Cc1no[nH]c1=O. The van der Waals surface area contributed by atoms with E-state index in [1.54, 1.807) is 0 Å². The number of aromatic nitrogens is 2. The van der Waals surface area contributed by atoms with Crippen LogP contribution in [0.2, 0.25) is 0 Å². The standard InChI is InChI=1S/C3HN3O2/c4-1-2-3(7)6-8-5-2/h(H,6,7). The fourth-order valence-electron chi connectivity index (χ4n) is 0.271. The van der Waals surface area contributed by atoms with Gasteiger partial charge >= 0.3 is 5.56 Å². The van der Waals surface area contributed by atoms with Crippen molar-refractivity contribution in [2.75, 3.05) is 0 Å². The fourth-order valence-corrected chi connectivity index (χ4v) is 0.271. The zero-order valence-electron chi connectivity index (χ0n) is 3.71. The Morgan fingerprint density at radius 1 is 1.88 bits per heavy atom. The molecule has 1 aromatic heterocycles. The van der Waals surface area contributed by atoms with E-state index in [0.717, 1.165) is 0 Å². The van der Waals surface area contributed by atoms with E-state index < -0.39 is 5.56 Å². The van der Waals surface area contributed by atoms with Crippen molar-refractivity contribution in [1.29, 1.82) is 5.26 Å². The number of nitriles is 1. The minimum absolute atomic E-state index is 0.245.